The molecule has 60 valence electrons. The van der Waals surface area contributed by atoms with Crippen molar-refractivity contribution >= 4 is 0 Å². The summed E-state index contributed by atoms with van der Waals surface area (Å²) >= 11 is 0. The van der Waals surface area contributed by atoms with Crippen molar-refractivity contribution in [2.75, 3.05) is 26.2 Å². The van der Waals surface area contributed by atoms with Gasteiger partial charge in [0, 0.05) is 12.8 Å². The van der Waals surface area contributed by atoms with Crippen LogP contribution in [-0.4, -0.2) is 37.4 Å². The zero-order chi connectivity index (χ0) is 7.40. The van der Waals surface area contributed by atoms with Gasteiger partial charge in [0.2, 0.25) is 0 Å². The fraction of sp³-hybridized carbons (Fsp3) is 1.00. The van der Waals surface area contributed by atoms with Gasteiger partial charge in [0.15, 0.2) is 0 Å². The molecule has 0 spiro atoms. The molecule has 3 heteroatoms. The van der Waals surface area contributed by atoms with E-state index in [1.165, 1.54) is 6.54 Å². The van der Waals surface area contributed by atoms with Crippen molar-refractivity contribution in [1.82, 2.24) is 0 Å². The molecule has 0 radical (unpaired) electrons. The third-order valence-electron chi connectivity index (χ3n) is 2.19. The first-order valence-corrected chi connectivity index (χ1v) is 4.14. The number of quaternary nitrogens is 2. The Morgan fingerprint density at radius 2 is 2.00 bits per heavy atom. The average molecular weight is 146 g/mol. The molecule has 1 fully saturated rings. The first-order valence-electron chi connectivity index (χ1n) is 4.14. The summed E-state index contributed by atoms with van der Waals surface area (Å²) in [4.78, 5) is 1.61. The third-order valence-corrected chi connectivity index (χ3v) is 2.19. The van der Waals surface area contributed by atoms with Gasteiger partial charge in [-0.15, -0.1) is 0 Å². The lowest BCUT2D eigenvalue weighted by atomic mass is 10.1. The lowest BCUT2D eigenvalue weighted by molar-refractivity contribution is -0.910. The largest absolute Gasteiger partial charge is 0.393 e. The van der Waals surface area contributed by atoms with Gasteiger partial charge in [-0.2, -0.15) is 0 Å². The van der Waals surface area contributed by atoms with E-state index in [2.05, 4.69) is 5.73 Å². The second-order valence-electron chi connectivity index (χ2n) is 3.08. The molecule has 1 rings (SSSR count). The Bertz CT molecular complexity index is 89.6. The lowest BCUT2D eigenvalue weighted by Crippen LogP contribution is -3.14. The predicted octanol–water partition coefficient (Wildman–Crippen LogP) is -2.73. The highest BCUT2D eigenvalue weighted by atomic mass is 16.3. The molecule has 1 aliphatic heterocycles. The molecule has 1 heterocycles. The van der Waals surface area contributed by atoms with Gasteiger partial charge in [-0.25, -0.2) is 0 Å². The molecular weight excluding hydrogens is 128 g/mol. The maximum atomic E-state index is 9.17. The van der Waals surface area contributed by atoms with Crippen LogP contribution in [0.2, 0.25) is 0 Å². The van der Waals surface area contributed by atoms with Crippen LogP contribution >= 0.6 is 0 Å². The SMILES string of the molecule is [NH3+]CC[NH+]1CCC(O)CC1. The van der Waals surface area contributed by atoms with E-state index in [1.807, 2.05) is 0 Å². The molecule has 0 aliphatic carbocycles. The fourth-order valence-corrected chi connectivity index (χ4v) is 1.51. The van der Waals surface area contributed by atoms with Gasteiger partial charge in [-0.3, -0.25) is 0 Å². The molecule has 0 aromatic heterocycles. The summed E-state index contributed by atoms with van der Waals surface area (Å²) in [5.74, 6) is 0. The Morgan fingerprint density at radius 3 is 2.50 bits per heavy atom. The van der Waals surface area contributed by atoms with E-state index in [1.54, 1.807) is 4.90 Å². The highest BCUT2D eigenvalue weighted by Crippen LogP contribution is 1.96. The van der Waals surface area contributed by atoms with E-state index in [9.17, 15) is 0 Å². The summed E-state index contributed by atoms with van der Waals surface area (Å²) in [5, 5.41) is 9.17. The molecule has 0 amide bonds. The highest BCUT2D eigenvalue weighted by Gasteiger charge is 2.19. The normalized spacial score (nSPS) is 34.2. The van der Waals surface area contributed by atoms with Crippen LogP contribution in [0.1, 0.15) is 12.8 Å². The molecule has 0 aromatic rings. The van der Waals surface area contributed by atoms with Crippen molar-refractivity contribution in [2.45, 2.75) is 18.9 Å². The van der Waals surface area contributed by atoms with Crippen molar-refractivity contribution in [1.29, 1.82) is 0 Å². The number of hydrogen-bond acceptors (Lipinski definition) is 1. The van der Waals surface area contributed by atoms with Crippen LogP contribution in [0.4, 0.5) is 0 Å². The minimum atomic E-state index is -0.0198. The van der Waals surface area contributed by atoms with Gasteiger partial charge in [0.25, 0.3) is 0 Å². The summed E-state index contributed by atoms with van der Waals surface area (Å²) in [6.45, 7) is 4.46. The maximum Gasteiger partial charge on any atom is 0.127 e. The molecule has 0 unspecified atom stereocenters. The Morgan fingerprint density at radius 1 is 1.40 bits per heavy atom. The second kappa shape index (κ2) is 3.91. The first-order chi connectivity index (χ1) is 4.83. The first kappa shape index (κ1) is 7.98. The molecule has 10 heavy (non-hydrogen) atoms. The van der Waals surface area contributed by atoms with Crippen molar-refractivity contribution < 1.29 is 15.7 Å². The Hall–Kier alpha value is -0.120. The number of hydrogen-bond donors (Lipinski definition) is 3. The number of rotatable bonds is 2. The fourth-order valence-electron chi connectivity index (χ4n) is 1.51. The third kappa shape index (κ3) is 2.25. The highest BCUT2D eigenvalue weighted by molar-refractivity contribution is 4.57. The van der Waals surface area contributed by atoms with Crippen LogP contribution in [0.5, 0.6) is 0 Å². The number of likely N-dealkylation sites (tertiary alicyclic amines) is 1. The van der Waals surface area contributed by atoms with Gasteiger partial charge >= 0.3 is 0 Å². The van der Waals surface area contributed by atoms with Crippen LogP contribution in [-0.2, 0) is 0 Å². The van der Waals surface area contributed by atoms with Crippen LogP contribution < -0.4 is 10.6 Å². The predicted molar refractivity (Wildman–Crippen MR) is 38.6 cm³/mol. The molecule has 0 bridgehead atoms. The second-order valence-corrected chi connectivity index (χ2v) is 3.08. The van der Waals surface area contributed by atoms with Gasteiger partial charge in [0.05, 0.1) is 19.2 Å². The van der Waals surface area contributed by atoms with Gasteiger partial charge < -0.3 is 15.7 Å². The summed E-state index contributed by atoms with van der Waals surface area (Å²) < 4.78 is 0. The number of aliphatic hydroxyl groups excluding tert-OH is 1. The van der Waals surface area contributed by atoms with E-state index in [0.717, 1.165) is 32.5 Å². The minimum absolute atomic E-state index is 0.0198. The van der Waals surface area contributed by atoms with Crippen molar-refractivity contribution in [2.24, 2.45) is 0 Å². The summed E-state index contributed by atoms with van der Waals surface area (Å²) in [6, 6.07) is 0. The van der Waals surface area contributed by atoms with Crippen molar-refractivity contribution in [3.05, 3.63) is 0 Å². The zero-order valence-corrected chi connectivity index (χ0v) is 6.47. The molecule has 3 nitrogen and oxygen atoms in total. The van der Waals surface area contributed by atoms with Crippen LogP contribution in [0, 0.1) is 0 Å². The Kier molecular flexibility index (Phi) is 3.12. The molecule has 0 aromatic carbocycles. The number of nitrogens with one attached hydrogen (secondary N) is 1. The Balaban J connectivity index is 2.13. The van der Waals surface area contributed by atoms with Crippen molar-refractivity contribution in [3.8, 4) is 0 Å². The average Bonchev–Trinajstić information content (AvgIpc) is 1.95. The topological polar surface area (TPSA) is 52.3 Å². The van der Waals surface area contributed by atoms with Crippen LogP contribution in [0.3, 0.4) is 0 Å². The number of piperidine rings is 1. The quantitative estimate of drug-likeness (QED) is 0.389. The standard InChI is InChI=1S/C7H16N2O/c8-3-6-9-4-1-7(10)2-5-9/h7,10H,1-6,8H2/p+2. The van der Waals surface area contributed by atoms with Gasteiger partial charge in [-0.1, -0.05) is 0 Å². The maximum absolute atomic E-state index is 9.17. The summed E-state index contributed by atoms with van der Waals surface area (Å²) in [7, 11) is 0. The molecule has 0 saturated carbocycles. The van der Waals surface area contributed by atoms with E-state index in [-0.39, 0.29) is 6.10 Å². The van der Waals surface area contributed by atoms with Gasteiger partial charge in [-0.05, 0) is 0 Å². The van der Waals surface area contributed by atoms with Crippen molar-refractivity contribution in [3.63, 3.8) is 0 Å². The number of aliphatic hydroxyl groups is 1. The molecule has 0 atom stereocenters. The molecule has 5 N–H and O–H groups in total. The lowest BCUT2D eigenvalue weighted by Gasteiger charge is -2.25. The van der Waals surface area contributed by atoms with Crippen LogP contribution in [0.25, 0.3) is 0 Å². The summed E-state index contributed by atoms with van der Waals surface area (Å²) in [6.07, 6.45) is 1.94. The van der Waals surface area contributed by atoms with E-state index >= 15 is 0 Å². The molecular formula is C7H18N2O+2. The minimum Gasteiger partial charge on any atom is -0.393 e. The monoisotopic (exact) mass is 146 g/mol. The van der Waals surface area contributed by atoms with E-state index < -0.39 is 0 Å². The molecule has 1 saturated heterocycles. The zero-order valence-electron chi connectivity index (χ0n) is 6.47. The van der Waals surface area contributed by atoms with Crippen LogP contribution in [0.15, 0.2) is 0 Å². The smallest absolute Gasteiger partial charge is 0.127 e. The summed E-state index contributed by atoms with van der Waals surface area (Å²) in [5.41, 5.74) is 3.82. The molecule has 1 aliphatic rings. The van der Waals surface area contributed by atoms with Gasteiger partial charge in [0.1, 0.15) is 13.1 Å². The van der Waals surface area contributed by atoms with E-state index in [0.29, 0.717) is 0 Å². The van der Waals surface area contributed by atoms with E-state index in [4.69, 9.17) is 5.11 Å². The Labute approximate surface area is 61.8 Å².